The highest BCUT2D eigenvalue weighted by atomic mass is 35.5. The number of carbonyl (C=O) groups is 1. The Balaban J connectivity index is 0.00000308. The molecule has 4 rings (SSSR count). The highest BCUT2D eigenvalue weighted by Gasteiger charge is 2.20. The van der Waals surface area contributed by atoms with Gasteiger partial charge in [-0.25, -0.2) is 4.39 Å². The maximum Gasteiger partial charge on any atom is 0.200 e. The molecular weight excluding hydrogens is 584 g/mol. The fourth-order valence-corrected chi connectivity index (χ4v) is 5.11. The van der Waals surface area contributed by atoms with E-state index < -0.39 is 11.2 Å². The van der Waals surface area contributed by atoms with E-state index in [0.29, 0.717) is 67.3 Å². The van der Waals surface area contributed by atoms with Crippen molar-refractivity contribution in [1.29, 1.82) is 0 Å². The van der Waals surface area contributed by atoms with Crippen LogP contribution < -0.4 is 14.9 Å². The first-order valence-corrected chi connectivity index (χ1v) is 14.0. The lowest BCUT2D eigenvalue weighted by Gasteiger charge is -2.34. The van der Waals surface area contributed by atoms with Crippen molar-refractivity contribution in [3.05, 3.63) is 58.6 Å². The number of ketones is 1. The van der Waals surface area contributed by atoms with Crippen LogP contribution in [0.3, 0.4) is 0 Å². The summed E-state index contributed by atoms with van der Waals surface area (Å²) in [7, 11) is 3.29. The number of hydrogen-bond acceptors (Lipinski definition) is 7. The van der Waals surface area contributed by atoms with Crippen LogP contribution in [0.15, 0.2) is 47.4 Å². The molecule has 2 aromatic carbocycles. The van der Waals surface area contributed by atoms with Crippen LogP contribution in [-0.2, 0) is 16.1 Å². The Morgan fingerprint density at radius 1 is 0.929 bits per heavy atom. The molecule has 42 heavy (non-hydrogen) atoms. The Bertz CT molecular complexity index is 1350. The third-order valence-electron chi connectivity index (χ3n) is 7.33. The molecule has 1 saturated heterocycles. The number of ether oxygens (including phenoxy) is 3. The lowest BCUT2D eigenvalue weighted by Crippen LogP contribution is -2.48. The second-order valence-electron chi connectivity index (χ2n) is 10.2. The van der Waals surface area contributed by atoms with Crippen LogP contribution >= 0.6 is 24.8 Å². The quantitative estimate of drug-likeness (QED) is 0.248. The van der Waals surface area contributed by atoms with E-state index in [0.717, 1.165) is 39.1 Å². The molecule has 0 bridgehead atoms. The van der Waals surface area contributed by atoms with Crippen LogP contribution in [0.1, 0.15) is 26.2 Å². The number of nitrogens with zero attached hydrogens (tertiary/aromatic N) is 3. The van der Waals surface area contributed by atoms with Gasteiger partial charge in [0.1, 0.15) is 23.1 Å². The average Bonchev–Trinajstić information content (AvgIpc) is 2.97. The largest absolute Gasteiger partial charge is 0.497 e. The van der Waals surface area contributed by atoms with Gasteiger partial charge in [0.05, 0.1) is 37.8 Å². The summed E-state index contributed by atoms with van der Waals surface area (Å²) < 4.78 is 33.4. The molecule has 11 heteroatoms. The minimum absolute atomic E-state index is 0. The highest BCUT2D eigenvalue weighted by Crippen LogP contribution is 2.30. The third-order valence-corrected chi connectivity index (χ3v) is 7.33. The van der Waals surface area contributed by atoms with Gasteiger partial charge in [0, 0.05) is 64.6 Å². The lowest BCUT2D eigenvalue weighted by atomic mass is 10.0. The number of aryl methyl sites for hydroxylation is 1. The van der Waals surface area contributed by atoms with Gasteiger partial charge in [0.15, 0.2) is 5.43 Å². The molecule has 0 N–H and O–H groups in total. The number of halogens is 3. The van der Waals surface area contributed by atoms with E-state index in [1.165, 1.54) is 6.07 Å². The molecule has 0 unspecified atom stereocenters. The summed E-state index contributed by atoms with van der Waals surface area (Å²) in [5, 5.41) is -0.000378. The van der Waals surface area contributed by atoms with Crippen molar-refractivity contribution in [1.82, 2.24) is 14.4 Å². The normalized spacial score (nSPS) is 13.8. The summed E-state index contributed by atoms with van der Waals surface area (Å²) in [6, 6.07) is 10.00. The molecule has 0 radical (unpaired) electrons. The monoisotopic (exact) mass is 625 g/mol. The number of benzene rings is 2. The molecular formula is C31H42Cl2FN3O5. The van der Waals surface area contributed by atoms with Gasteiger partial charge in [-0.3, -0.25) is 19.4 Å². The summed E-state index contributed by atoms with van der Waals surface area (Å²) in [5.41, 5.74) is 1.09. The van der Waals surface area contributed by atoms with Gasteiger partial charge >= 0.3 is 0 Å². The summed E-state index contributed by atoms with van der Waals surface area (Å²) in [5.74, 6) is 0.726. The van der Waals surface area contributed by atoms with Crippen molar-refractivity contribution in [3.63, 3.8) is 0 Å². The van der Waals surface area contributed by atoms with Crippen molar-refractivity contribution in [3.8, 4) is 22.6 Å². The van der Waals surface area contributed by atoms with Crippen molar-refractivity contribution < 1.29 is 23.4 Å². The number of rotatable bonds is 14. The minimum atomic E-state index is -0.589. The molecule has 1 aliphatic rings. The van der Waals surface area contributed by atoms with Gasteiger partial charge in [-0.2, -0.15) is 0 Å². The second kappa shape index (κ2) is 17.4. The third kappa shape index (κ3) is 8.91. The summed E-state index contributed by atoms with van der Waals surface area (Å²) in [6.45, 7) is 8.54. The number of Topliss-reactive ketones (excluding diaryl/α,β-unsaturated/α-hetero) is 1. The van der Waals surface area contributed by atoms with Crippen LogP contribution in [0, 0.1) is 5.82 Å². The first-order chi connectivity index (χ1) is 19.4. The molecule has 0 spiro atoms. The maximum atomic E-state index is 15.2. The van der Waals surface area contributed by atoms with E-state index in [4.69, 9.17) is 14.2 Å². The molecule has 0 amide bonds. The Labute approximate surface area is 259 Å². The highest BCUT2D eigenvalue weighted by molar-refractivity contribution is 5.89. The molecule has 0 atom stereocenters. The Morgan fingerprint density at radius 2 is 1.62 bits per heavy atom. The van der Waals surface area contributed by atoms with E-state index in [1.807, 2.05) is 11.5 Å². The van der Waals surface area contributed by atoms with Gasteiger partial charge in [-0.1, -0.05) is 19.1 Å². The van der Waals surface area contributed by atoms with Gasteiger partial charge in [0.25, 0.3) is 0 Å². The lowest BCUT2D eigenvalue weighted by molar-refractivity contribution is -0.120. The smallest absolute Gasteiger partial charge is 0.200 e. The van der Waals surface area contributed by atoms with Crippen molar-refractivity contribution in [2.45, 2.75) is 32.7 Å². The fraction of sp³-hybridized carbons (Fsp3) is 0.484. The van der Waals surface area contributed by atoms with E-state index in [2.05, 4.69) is 9.80 Å². The van der Waals surface area contributed by atoms with Crippen LogP contribution in [-0.4, -0.2) is 86.9 Å². The van der Waals surface area contributed by atoms with Crippen LogP contribution in [0.25, 0.3) is 22.0 Å². The molecule has 232 valence electrons. The van der Waals surface area contributed by atoms with Crippen LogP contribution in [0.5, 0.6) is 11.5 Å². The Kier molecular flexibility index (Phi) is 14.7. The predicted molar refractivity (Wildman–Crippen MR) is 169 cm³/mol. The van der Waals surface area contributed by atoms with E-state index in [1.54, 1.807) is 50.7 Å². The van der Waals surface area contributed by atoms with Gasteiger partial charge in [0.2, 0.25) is 0 Å². The van der Waals surface area contributed by atoms with Crippen LogP contribution in [0.4, 0.5) is 4.39 Å². The van der Waals surface area contributed by atoms with Crippen molar-refractivity contribution in [2.24, 2.45) is 0 Å². The summed E-state index contributed by atoms with van der Waals surface area (Å²) in [4.78, 5) is 31.0. The Morgan fingerprint density at radius 3 is 2.26 bits per heavy atom. The standard InChI is InChI=1S/C31H40FN3O5.2ClH/c1-4-19-40-28-12-11-27(32)29-30(28)35(22-26(31(29)37)23-7-9-25(39-3)10-8-23)13-5-6-24(36)21-34-16-14-33(15-17-34)18-20-38-2;;/h7-12,22H,4-6,13-21H2,1-3H3;2*1H. The SMILES string of the molecule is CCCOc1ccc(F)c2c(=O)c(-c3ccc(OC)cc3)cn(CCCC(=O)CN3CCN(CCOC)CC3)c12.Cl.Cl. The van der Waals surface area contributed by atoms with E-state index in [-0.39, 0.29) is 36.0 Å². The number of aromatic nitrogens is 1. The zero-order valence-corrected chi connectivity index (χ0v) is 26.2. The number of hydrogen-bond donors (Lipinski definition) is 0. The van der Waals surface area contributed by atoms with Gasteiger partial charge in [-0.15, -0.1) is 24.8 Å². The average molecular weight is 627 g/mol. The van der Waals surface area contributed by atoms with Crippen molar-refractivity contribution in [2.75, 3.05) is 66.7 Å². The number of piperazine rings is 1. The first-order valence-electron chi connectivity index (χ1n) is 14.0. The molecule has 0 saturated carbocycles. The molecule has 3 aromatic rings. The molecule has 2 heterocycles. The molecule has 8 nitrogen and oxygen atoms in total. The first kappa shape index (κ1) is 35.5. The fourth-order valence-electron chi connectivity index (χ4n) is 5.11. The number of pyridine rings is 1. The van der Waals surface area contributed by atoms with E-state index in [9.17, 15) is 9.59 Å². The zero-order chi connectivity index (χ0) is 28.5. The van der Waals surface area contributed by atoms with Gasteiger partial charge in [-0.05, 0) is 42.7 Å². The maximum absolute atomic E-state index is 15.2. The van der Waals surface area contributed by atoms with Crippen LogP contribution in [0.2, 0.25) is 0 Å². The zero-order valence-electron chi connectivity index (χ0n) is 24.6. The topological polar surface area (TPSA) is 73.2 Å². The summed E-state index contributed by atoms with van der Waals surface area (Å²) >= 11 is 0. The molecule has 1 aromatic heterocycles. The number of carbonyl (C=O) groups excluding carboxylic acids is 1. The second-order valence-corrected chi connectivity index (χ2v) is 10.2. The van der Waals surface area contributed by atoms with Gasteiger partial charge < -0.3 is 18.8 Å². The molecule has 0 aliphatic carbocycles. The molecule has 1 fully saturated rings. The van der Waals surface area contributed by atoms with E-state index >= 15 is 4.39 Å². The number of methoxy groups -OCH3 is 2. The Hall–Kier alpha value is -2.69. The molecule has 1 aliphatic heterocycles. The predicted octanol–water partition coefficient (Wildman–Crippen LogP) is 5.06. The minimum Gasteiger partial charge on any atom is -0.497 e. The van der Waals surface area contributed by atoms with Crippen molar-refractivity contribution >= 4 is 41.5 Å². The summed E-state index contributed by atoms with van der Waals surface area (Å²) in [6.07, 6.45) is 3.50. The number of fused-ring (bicyclic) bond motifs is 1.